The summed E-state index contributed by atoms with van der Waals surface area (Å²) in [6, 6.07) is 9.55. The van der Waals surface area contributed by atoms with Crippen molar-refractivity contribution in [3.63, 3.8) is 0 Å². The highest BCUT2D eigenvalue weighted by molar-refractivity contribution is 5.90. The molecule has 1 fully saturated rings. The molecule has 128 valence electrons. The van der Waals surface area contributed by atoms with E-state index in [-0.39, 0.29) is 17.9 Å². The number of likely N-dealkylation sites (tertiary alicyclic amines) is 1. The first kappa shape index (κ1) is 16.7. The van der Waals surface area contributed by atoms with Gasteiger partial charge in [0.05, 0.1) is 0 Å². The quantitative estimate of drug-likeness (QED) is 0.816. The number of carbonyl (C=O) groups excluding carboxylic acids is 2. The lowest BCUT2D eigenvalue weighted by Crippen LogP contribution is -2.44. The number of amides is 2. The maximum Gasteiger partial charge on any atom is 0.242 e. The maximum absolute atomic E-state index is 12.5. The third kappa shape index (κ3) is 4.25. The van der Waals surface area contributed by atoms with Gasteiger partial charge in [-0.1, -0.05) is 42.0 Å². The van der Waals surface area contributed by atoms with Gasteiger partial charge in [0, 0.05) is 19.5 Å². The van der Waals surface area contributed by atoms with Gasteiger partial charge in [0.25, 0.3) is 0 Å². The van der Waals surface area contributed by atoms with Crippen molar-refractivity contribution in [1.82, 2.24) is 10.2 Å². The molecule has 3 rings (SSSR count). The number of nitrogens with zero attached hydrogens (tertiary/aromatic N) is 1. The standard InChI is InChI=1S/C20H26N2O2/c23-19-12-11-18(22(19)15-17-9-5-2-6-10-17)20(24)21-14-13-16-7-3-1-4-8-16/h2,5-7,9-10,18H,1,3-4,8,11-15H2,(H,21,24). The van der Waals surface area contributed by atoms with Crippen molar-refractivity contribution in [2.45, 2.75) is 57.5 Å². The molecule has 1 heterocycles. The summed E-state index contributed by atoms with van der Waals surface area (Å²) in [5.74, 6) is 0.0715. The van der Waals surface area contributed by atoms with Gasteiger partial charge < -0.3 is 10.2 Å². The van der Waals surface area contributed by atoms with E-state index in [4.69, 9.17) is 0 Å². The third-order valence-electron chi connectivity index (χ3n) is 4.96. The topological polar surface area (TPSA) is 49.4 Å². The zero-order valence-electron chi connectivity index (χ0n) is 14.2. The van der Waals surface area contributed by atoms with Crippen molar-refractivity contribution >= 4 is 11.8 Å². The number of benzene rings is 1. The molecule has 1 aromatic rings. The second-order valence-corrected chi connectivity index (χ2v) is 6.71. The van der Waals surface area contributed by atoms with Crippen LogP contribution in [0.3, 0.4) is 0 Å². The number of hydrogen-bond acceptors (Lipinski definition) is 2. The van der Waals surface area contributed by atoms with Crippen molar-refractivity contribution in [3.8, 4) is 0 Å². The fourth-order valence-corrected chi connectivity index (χ4v) is 3.58. The summed E-state index contributed by atoms with van der Waals surface area (Å²) in [7, 11) is 0. The van der Waals surface area contributed by atoms with Gasteiger partial charge in [0.15, 0.2) is 0 Å². The smallest absolute Gasteiger partial charge is 0.242 e. The Morgan fingerprint density at radius 2 is 2.00 bits per heavy atom. The van der Waals surface area contributed by atoms with Crippen LogP contribution in [0.1, 0.15) is 50.5 Å². The molecule has 2 aliphatic rings. The van der Waals surface area contributed by atoms with Crippen LogP contribution in [-0.2, 0) is 16.1 Å². The molecule has 4 heteroatoms. The van der Waals surface area contributed by atoms with E-state index in [1.54, 1.807) is 4.90 Å². The van der Waals surface area contributed by atoms with Crippen molar-refractivity contribution in [2.75, 3.05) is 6.54 Å². The molecule has 1 unspecified atom stereocenters. The highest BCUT2D eigenvalue weighted by Gasteiger charge is 2.35. The van der Waals surface area contributed by atoms with Crippen LogP contribution in [0.25, 0.3) is 0 Å². The predicted octanol–water partition coefficient (Wildman–Crippen LogP) is 3.18. The molecule has 0 radical (unpaired) electrons. The minimum absolute atomic E-state index is 0.00631. The normalized spacial score (nSPS) is 20.8. The summed E-state index contributed by atoms with van der Waals surface area (Å²) < 4.78 is 0. The van der Waals surface area contributed by atoms with Gasteiger partial charge in [-0.2, -0.15) is 0 Å². The minimum Gasteiger partial charge on any atom is -0.354 e. The van der Waals surface area contributed by atoms with Crippen LogP contribution in [0.2, 0.25) is 0 Å². The summed E-state index contributed by atoms with van der Waals surface area (Å²) in [6.45, 7) is 1.19. The van der Waals surface area contributed by atoms with E-state index < -0.39 is 0 Å². The molecule has 0 spiro atoms. The molecule has 4 nitrogen and oxygen atoms in total. The van der Waals surface area contributed by atoms with Gasteiger partial charge >= 0.3 is 0 Å². The molecule has 1 aromatic carbocycles. The summed E-state index contributed by atoms with van der Waals surface area (Å²) in [5.41, 5.74) is 2.53. The Morgan fingerprint density at radius 3 is 2.75 bits per heavy atom. The van der Waals surface area contributed by atoms with E-state index in [1.165, 1.54) is 24.8 Å². The molecule has 1 aliphatic heterocycles. The Labute approximate surface area is 143 Å². The lowest BCUT2D eigenvalue weighted by Gasteiger charge is -2.24. The van der Waals surface area contributed by atoms with E-state index in [0.717, 1.165) is 18.4 Å². The number of allylic oxidation sites excluding steroid dienone is 1. The van der Waals surface area contributed by atoms with Gasteiger partial charge in [-0.3, -0.25) is 9.59 Å². The molecular formula is C20H26N2O2. The van der Waals surface area contributed by atoms with Gasteiger partial charge in [-0.15, -0.1) is 0 Å². The highest BCUT2D eigenvalue weighted by Crippen LogP contribution is 2.22. The number of nitrogens with one attached hydrogen (secondary N) is 1. The van der Waals surface area contributed by atoms with E-state index in [0.29, 0.717) is 25.9 Å². The molecule has 1 aliphatic carbocycles. The predicted molar refractivity (Wildman–Crippen MR) is 94.2 cm³/mol. The number of rotatable bonds is 6. The minimum atomic E-state index is -0.321. The fraction of sp³-hybridized carbons (Fsp3) is 0.500. The summed E-state index contributed by atoms with van der Waals surface area (Å²) in [5, 5.41) is 3.03. The van der Waals surface area contributed by atoms with Crippen molar-refractivity contribution in [2.24, 2.45) is 0 Å². The molecule has 0 aromatic heterocycles. The average Bonchev–Trinajstić information content (AvgIpc) is 2.97. The lowest BCUT2D eigenvalue weighted by atomic mass is 9.97. The Morgan fingerprint density at radius 1 is 1.17 bits per heavy atom. The van der Waals surface area contributed by atoms with Crippen molar-refractivity contribution < 1.29 is 9.59 Å². The number of hydrogen-bond donors (Lipinski definition) is 1. The lowest BCUT2D eigenvalue weighted by molar-refractivity contribution is -0.135. The molecule has 1 saturated heterocycles. The van der Waals surface area contributed by atoms with Crippen LogP contribution in [0.15, 0.2) is 42.0 Å². The monoisotopic (exact) mass is 326 g/mol. The van der Waals surface area contributed by atoms with E-state index in [2.05, 4.69) is 11.4 Å². The first-order valence-corrected chi connectivity index (χ1v) is 9.03. The molecule has 1 N–H and O–H groups in total. The van der Waals surface area contributed by atoms with E-state index >= 15 is 0 Å². The Hall–Kier alpha value is -2.10. The van der Waals surface area contributed by atoms with Crippen LogP contribution in [-0.4, -0.2) is 29.3 Å². The van der Waals surface area contributed by atoms with Gasteiger partial charge in [0.1, 0.15) is 6.04 Å². The third-order valence-corrected chi connectivity index (χ3v) is 4.96. The second kappa shape index (κ2) is 8.13. The molecule has 1 atom stereocenters. The average molecular weight is 326 g/mol. The zero-order chi connectivity index (χ0) is 16.8. The fourth-order valence-electron chi connectivity index (χ4n) is 3.58. The summed E-state index contributed by atoms with van der Waals surface area (Å²) in [6.07, 6.45) is 9.23. The SMILES string of the molecule is O=C(NCCC1=CCCCC1)C1CCC(=O)N1Cc1ccccc1. The summed E-state index contributed by atoms with van der Waals surface area (Å²) in [4.78, 5) is 26.4. The van der Waals surface area contributed by atoms with Crippen molar-refractivity contribution in [3.05, 3.63) is 47.5 Å². The van der Waals surface area contributed by atoms with Crippen LogP contribution >= 0.6 is 0 Å². The first-order valence-electron chi connectivity index (χ1n) is 9.03. The Bertz CT molecular complexity index is 609. The maximum atomic E-state index is 12.5. The van der Waals surface area contributed by atoms with E-state index in [9.17, 15) is 9.59 Å². The van der Waals surface area contributed by atoms with Gasteiger partial charge in [0.2, 0.25) is 11.8 Å². The van der Waals surface area contributed by atoms with Crippen molar-refractivity contribution in [1.29, 1.82) is 0 Å². The molecule has 0 saturated carbocycles. The van der Waals surface area contributed by atoms with E-state index in [1.807, 2.05) is 30.3 Å². The summed E-state index contributed by atoms with van der Waals surface area (Å²) >= 11 is 0. The zero-order valence-corrected chi connectivity index (χ0v) is 14.2. The van der Waals surface area contributed by atoms with Crippen LogP contribution in [0.4, 0.5) is 0 Å². The largest absolute Gasteiger partial charge is 0.354 e. The molecule has 0 bridgehead atoms. The number of carbonyl (C=O) groups is 2. The van der Waals surface area contributed by atoms with Crippen LogP contribution < -0.4 is 5.32 Å². The van der Waals surface area contributed by atoms with Crippen LogP contribution in [0.5, 0.6) is 0 Å². The Balaban J connectivity index is 1.52. The molecular weight excluding hydrogens is 300 g/mol. The highest BCUT2D eigenvalue weighted by atomic mass is 16.2. The van der Waals surface area contributed by atoms with Crippen LogP contribution in [0, 0.1) is 0 Å². The van der Waals surface area contributed by atoms with Gasteiger partial charge in [-0.05, 0) is 44.1 Å². The van der Waals surface area contributed by atoms with Gasteiger partial charge in [-0.25, -0.2) is 0 Å². The first-order chi connectivity index (χ1) is 11.7. The molecule has 24 heavy (non-hydrogen) atoms. The Kier molecular flexibility index (Phi) is 5.68. The molecule has 2 amide bonds. The second-order valence-electron chi connectivity index (χ2n) is 6.71.